The highest BCUT2D eigenvalue weighted by Crippen LogP contribution is 2.40. The lowest BCUT2D eigenvalue weighted by Crippen LogP contribution is -2.04. The van der Waals surface area contributed by atoms with Gasteiger partial charge in [-0.3, -0.25) is 8.97 Å². The van der Waals surface area contributed by atoms with Gasteiger partial charge in [0.15, 0.2) is 0 Å². The summed E-state index contributed by atoms with van der Waals surface area (Å²) in [6.45, 7) is 0. The van der Waals surface area contributed by atoms with Crippen molar-refractivity contribution in [1.29, 1.82) is 0 Å². The molecule has 0 amide bonds. The van der Waals surface area contributed by atoms with E-state index in [1.54, 1.807) is 0 Å². The third kappa shape index (κ3) is 3.21. The molecule has 0 atom stereocenters. The Labute approximate surface area is 251 Å². The number of pyridine rings is 1. The summed E-state index contributed by atoms with van der Waals surface area (Å²) in [5.41, 5.74) is 7.98. The van der Waals surface area contributed by atoms with Gasteiger partial charge in [0.2, 0.25) is 5.95 Å². The van der Waals surface area contributed by atoms with E-state index >= 15 is 0 Å². The Morgan fingerprint density at radius 2 is 1.23 bits per heavy atom. The number of imidazole rings is 1. The minimum Gasteiger partial charge on any atom is -0.300 e. The van der Waals surface area contributed by atoms with Crippen LogP contribution in [-0.2, 0) is 0 Å². The zero-order chi connectivity index (χ0) is 28.8. The fourth-order valence-corrected chi connectivity index (χ4v) is 6.93. The summed E-state index contributed by atoms with van der Waals surface area (Å²) in [7, 11) is 0. The predicted octanol–water partition coefficient (Wildman–Crippen LogP) is 9.50. The van der Waals surface area contributed by atoms with E-state index in [1.807, 2.05) is 18.2 Å². The highest BCUT2D eigenvalue weighted by atomic mass is 15.2. The van der Waals surface area contributed by atoms with Gasteiger partial charge in [0.1, 0.15) is 5.65 Å². The van der Waals surface area contributed by atoms with E-state index in [2.05, 4.69) is 130 Å². The van der Waals surface area contributed by atoms with E-state index in [-0.39, 0.29) is 0 Å². The summed E-state index contributed by atoms with van der Waals surface area (Å²) in [6, 6.07) is 46.8. The fraction of sp³-hybridized carbons (Fsp3) is 0. The van der Waals surface area contributed by atoms with Crippen LogP contribution < -0.4 is 0 Å². The molecule has 4 heterocycles. The maximum absolute atomic E-state index is 5.37. The quantitative estimate of drug-likeness (QED) is 0.198. The third-order valence-corrected chi connectivity index (χ3v) is 8.91. The van der Waals surface area contributed by atoms with Crippen molar-refractivity contribution in [2.45, 2.75) is 0 Å². The van der Waals surface area contributed by atoms with E-state index in [1.165, 1.54) is 16.2 Å². The van der Waals surface area contributed by atoms with Gasteiger partial charge in [-0.1, -0.05) is 97.1 Å². The molecule has 0 spiro atoms. The SMILES string of the molecule is c1ccc(-c2nc(-n3c4cc5c(cc4c4c6ccccc6ccc43)nc3ccccn35)nc3c2ccc2ccccc23)cc1. The molecule has 0 aliphatic carbocycles. The molecule has 0 aliphatic heterocycles. The second-order valence-electron chi connectivity index (χ2n) is 11.3. The molecule has 10 aromatic rings. The average molecular weight is 562 g/mol. The van der Waals surface area contributed by atoms with Gasteiger partial charge in [0, 0.05) is 33.3 Å². The molecule has 0 N–H and O–H groups in total. The van der Waals surface area contributed by atoms with Crippen molar-refractivity contribution >= 4 is 70.9 Å². The highest BCUT2D eigenvalue weighted by Gasteiger charge is 2.21. The van der Waals surface area contributed by atoms with Crippen LogP contribution in [0.3, 0.4) is 0 Å². The van der Waals surface area contributed by atoms with E-state index in [0.717, 1.165) is 66.0 Å². The molecule has 6 aromatic carbocycles. The Hall–Kier alpha value is -6.07. The normalized spacial score (nSPS) is 12.1. The molecule has 0 fully saturated rings. The Morgan fingerprint density at radius 1 is 0.477 bits per heavy atom. The van der Waals surface area contributed by atoms with Crippen molar-refractivity contribution < 1.29 is 0 Å². The van der Waals surface area contributed by atoms with Crippen molar-refractivity contribution in [1.82, 2.24) is 23.9 Å². The molecule has 4 aromatic heterocycles. The van der Waals surface area contributed by atoms with Gasteiger partial charge in [-0.2, -0.15) is 0 Å². The first kappa shape index (κ1) is 23.5. The molecule has 44 heavy (non-hydrogen) atoms. The molecule has 0 unspecified atom stereocenters. The van der Waals surface area contributed by atoms with Crippen LogP contribution in [0.4, 0.5) is 0 Å². The van der Waals surface area contributed by atoms with Gasteiger partial charge in [-0.15, -0.1) is 0 Å². The Balaban J connectivity index is 1.42. The summed E-state index contributed by atoms with van der Waals surface area (Å²) >= 11 is 0. The van der Waals surface area contributed by atoms with Gasteiger partial charge in [-0.25, -0.2) is 15.0 Å². The summed E-state index contributed by atoms with van der Waals surface area (Å²) in [4.78, 5) is 15.7. The molecule has 0 saturated heterocycles. The number of benzene rings is 6. The lowest BCUT2D eigenvalue weighted by atomic mass is 10.0. The van der Waals surface area contributed by atoms with Gasteiger partial charge >= 0.3 is 0 Å². The predicted molar refractivity (Wildman–Crippen MR) is 181 cm³/mol. The molecule has 0 bridgehead atoms. The summed E-state index contributed by atoms with van der Waals surface area (Å²) in [5, 5.41) is 8.02. The first-order chi connectivity index (χ1) is 21.8. The van der Waals surface area contributed by atoms with Crippen LogP contribution in [0.15, 0.2) is 140 Å². The Morgan fingerprint density at radius 3 is 2.11 bits per heavy atom. The van der Waals surface area contributed by atoms with E-state index in [4.69, 9.17) is 15.0 Å². The van der Waals surface area contributed by atoms with Crippen LogP contribution in [0.5, 0.6) is 0 Å². The zero-order valence-electron chi connectivity index (χ0n) is 23.5. The standard InChI is InChI=1S/C39H23N5/c1-2-12-26(13-3-1)37-29-19-17-25-11-5-7-15-28(25)38(29)42-39(41-37)44-32-20-18-24-10-4-6-14-27(24)36(32)30-22-31-34(23-33(30)44)43-21-9-8-16-35(43)40-31/h1-23H. The van der Waals surface area contributed by atoms with Crippen LogP contribution in [0.1, 0.15) is 0 Å². The molecule has 5 heteroatoms. The lowest BCUT2D eigenvalue weighted by molar-refractivity contribution is 1.02. The molecule has 0 radical (unpaired) electrons. The largest absolute Gasteiger partial charge is 0.300 e. The average Bonchev–Trinajstić information content (AvgIpc) is 3.62. The van der Waals surface area contributed by atoms with Crippen molar-refractivity contribution in [3.63, 3.8) is 0 Å². The fourth-order valence-electron chi connectivity index (χ4n) is 6.93. The van der Waals surface area contributed by atoms with Crippen molar-refractivity contribution in [2.24, 2.45) is 0 Å². The van der Waals surface area contributed by atoms with Crippen molar-refractivity contribution in [3.05, 3.63) is 140 Å². The summed E-state index contributed by atoms with van der Waals surface area (Å²) in [6.07, 6.45) is 2.07. The Bertz CT molecular complexity index is 2770. The second-order valence-corrected chi connectivity index (χ2v) is 11.3. The second kappa shape index (κ2) is 8.72. The van der Waals surface area contributed by atoms with Gasteiger partial charge in [0.05, 0.1) is 33.3 Å². The van der Waals surface area contributed by atoms with Crippen LogP contribution >= 0.6 is 0 Å². The van der Waals surface area contributed by atoms with Crippen LogP contribution in [0.2, 0.25) is 0 Å². The summed E-state index contributed by atoms with van der Waals surface area (Å²) in [5.74, 6) is 0.649. The van der Waals surface area contributed by atoms with Gasteiger partial charge in [0.25, 0.3) is 0 Å². The first-order valence-corrected chi connectivity index (χ1v) is 14.8. The molecule has 5 nitrogen and oxygen atoms in total. The number of fused-ring (bicyclic) bond motifs is 11. The topological polar surface area (TPSA) is 48.0 Å². The lowest BCUT2D eigenvalue weighted by Gasteiger charge is -2.13. The maximum atomic E-state index is 5.37. The summed E-state index contributed by atoms with van der Waals surface area (Å²) < 4.78 is 4.39. The molecular formula is C39H23N5. The zero-order valence-corrected chi connectivity index (χ0v) is 23.5. The van der Waals surface area contributed by atoms with Crippen LogP contribution in [0, 0.1) is 0 Å². The maximum Gasteiger partial charge on any atom is 0.235 e. The molecule has 0 aliphatic rings. The van der Waals surface area contributed by atoms with Gasteiger partial charge < -0.3 is 0 Å². The first-order valence-electron chi connectivity index (χ1n) is 14.8. The smallest absolute Gasteiger partial charge is 0.235 e. The third-order valence-electron chi connectivity index (χ3n) is 8.91. The number of rotatable bonds is 2. The number of hydrogen-bond donors (Lipinski definition) is 0. The van der Waals surface area contributed by atoms with Crippen LogP contribution in [-0.4, -0.2) is 23.9 Å². The van der Waals surface area contributed by atoms with Crippen LogP contribution in [0.25, 0.3) is 88.1 Å². The van der Waals surface area contributed by atoms with Gasteiger partial charge in [-0.05, 0) is 52.6 Å². The molecular weight excluding hydrogens is 538 g/mol. The number of hydrogen-bond acceptors (Lipinski definition) is 3. The number of nitrogens with zero attached hydrogens (tertiary/aromatic N) is 5. The molecule has 10 rings (SSSR count). The monoisotopic (exact) mass is 561 g/mol. The highest BCUT2D eigenvalue weighted by molar-refractivity contribution is 6.23. The number of aromatic nitrogens is 5. The minimum absolute atomic E-state index is 0.649. The van der Waals surface area contributed by atoms with E-state index in [9.17, 15) is 0 Å². The van der Waals surface area contributed by atoms with Crippen molar-refractivity contribution in [3.8, 4) is 17.2 Å². The molecule has 0 saturated carbocycles. The van der Waals surface area contributed by atoms with Crippen molar-refractivity contribution in [2.75, 3.05) is 0 Å². The Kier molecular flexibility index (Phi) is 4.66. The molecule has 204 valence electrons. The van der Waals surface area contributed by atoms with E-state index in [0.29, 0.717) is 5.95 Å². The van der Waals surface area contributed by atoms with E-state index < -0.39 is 0 Å². The minimum atomic E-state index is 0.649.